The van der Waals surface area contributed by atoms with E-state index in [9.17, 15) is 0 Å². The van der Waals surface area contributed by atoms with Gasteiger partial charge in [0.05, 0.1) is 0 Å². The zero-order valence-electron chi connectivity index (χ0n) is 13.1. The average Bonchev–Trinajstić information content (AvgIpc) is 2.52. The molecule has 0 radical (unpaired) electrons. The van der Waals surface area contributed by atoms with E-state index in [0.29, 0.717) is 6.04 Å². The average molecular weight is 284 g/mol. The van der Waals surface area contributed by atoms with Crippen molar-refractivity contribution in [2.24, 2.45) is 0 Å². The second-order valence-corrected chi connectivity index (χ2v) is 5.38. The Balaban J connectivity index is 2.11. The maximum atomic E-state index is 4.52. The van der Waals surface area contributed by atoms with Crippen LogP contribution >= 0.6 is 0 Å². The fraction of sp³-hybridized carbons (Fsp3) is 0.412. The number of rotatable bonds is 7. The summed E-state index contributed by atoms with van der Waals surface area (Å²) < 4.78 is 0. The molecular formula is C17H24N4. The van der Waals surface area contributed by atoms with Crippen LogP contribution in [0.4, 0.5) is 5.95 Å². The highest BCUT2D eigenvalue weighted by Crippen LogP contribution is 2.15. The van der Waals surface area contributed by atoms with Crippen molar-refractivity contribution in [3.8, 4) is 0 Å². The van der Waals surface area contributed by atoms with Crippen molar-refractivity contribution in [3.63, 3.8) is 0 Å². The molecular weight excluding hydrogens is 260 g/mol. The molecule has 0 bridgehead atoms. The first kappa shape index (κ1) is 15.4. The summed E-state index contributed by atoms with van der Waals surface area (Å²) in [7, 11) is 0. The molecule has 2 aromatic rings. The van der Waals surface area contributed by atoms with Crippen LogP contribution in [0.3, 0.4) is 0 Å². The van der Waals surface area contributed by atoms with Gasteiger partial charge in [0.2, 0.25) is 5.95 Å². The quantitative estimate of drug-likeness (QED) is 0.848. The first-order chi connectivity index (χ1) is 10.2. The van der Waals surface area contributed by atoms with Crippen molar-refractivity contribution in [2.45, 2.75) is 39.9 Å². The van der Waals surface area contributed by atoms with Crippen molar-refractivity contribution < 1.29 is 0 Å². The Bertz CT molecular complexity index is 522. The highest BCUT2D eigenvalue weighted by molar-refractivity contribution is 5.33. The maximum absolute atomic E-state index is 4.52. The molecule has 112 valence electrons. The SMILES string of the molecule is CCNCc1cnc(N(Cc2ccccc2)C(C)C)nc1. The first-order valence-corrected chi connectivity index (χ1v) is 7.53. The summed E-state index contributed by atoms with van der Waals surface area (Å²) in [4.78, 5) is 11.3. The highest BCUT2D eigenvalue weighted by atomic mass is 15.3. The summed E-state index contributed by atoms with van der Waals surface area (Å²) in [5.41, 5.74) is 2.38. The van der Waals surface area contributed by atoms with Gasteiger partial charge in [0, 0.05) is 37.1 Å². The molecule has 4 heteroatoms. The van der Waals surface area contributed by atoms with Crippen LogP contribution in [-0.4, -0.2) is 22.6 Å². The van der Waals surface area contributed by atoms with E-state index in [1.54, 1.807) is 0 Å². The van der Waals surface area contributed by atoms with E-state index in [0.717, 1.165) is 31.1 Å². The predicted octanol–water partition coefficient (Wildman–Crippen LogP) is 3.00. The van der Waals surface area contributed by atoms with Crippen LogP contribution in [0.15, 0.2) is 42.7 Å². The number of hydrogen-bond donors (Lipinski definition) is 1. The predicted molar refractivity (Wildman–Crippen MR) is 87.2 cm³/mol. The van der Waals surface area contributed by atoms with Gasteiger partial charge in [-0.05, 0) is 26.0 Å². The van der Waals surface area contributed by atoms with Gasteiger partial charge in [0.25, 0.3) is 0 Å². The molecule has 2 rings (SSSR count). The molecule has 0 amide bonds. The van der Waals surface area contributed by atoms with E-state index in [4.69, 9.17) is 0 Å². The van der Waals surface area contributed by atoms with Crippen LogP contribution in [0, 0.1) is 0 Å². The third kappa shape index (κ3) is 4.53. The van der Waals surface area contributed by atoms with Crippen molar-refractivity contribution in [3.05, 3.63) is 53.9 Å². The minimum absolute atomic E-state index is 0.352. The summed E-state index contributed by atoms with van der Waals surface area (Å²) >= 11 is 0. The van der Waals surface area contributed by atoms with Crippen LogP contribution in [0.2, 0.25) is 0 Å². The topological polar surface area (TPSA) is 41.1 Å². The van der Waals surface area contributed by atoms with Gasteiger partial charge in [-0.1, -0.05) is 37.3 Å². The van der Waals surface area contributed by atoms with Crippen molar-refractivity contribution in [2.75, 3.05) is 11.4 Å². The molecule has 0 unspecified atom stereocenters. The molecule has 0 aliphatic heterocycles. The summed E-state index contributed by atoms with van der Waals surface area (Å²) in [6.07, 6.45) is 3.82. The van der Waals surface area contributed by atoms with Crippen LogP contribution in [0.1, 0.15) is 31.9 Å². The zero-order valence-corrected chi connectivity index (χ0v) is 13.1. The Kier molecular flexibility index (Phi) is 5.69. The molecule has 0 spiro atoms. The van der Waals surface area contributed by atoms with E-state index in [2.05, 4.69) is 65.2 Å². The third-order valence-corrected chi connectivity index (χ3v) is 3.35. The van der Waals surface area contributed by atoms with Gasteiger partial charge in [-0.15, -0.1) is 0 Å². The number of aromatic nitrogens is 2. The molecule has 4 nitrogen and oxygen atoms in total. The molecule has 0 saturated carbocycles. The minimum atomic E-state index is 0.352. The lowest BCUT2D eigenvalue weighted by molar-refractivity contribution is 0.657. The standard InChI is InChI=1S/C17H24N4/c1-4-18-10-16-11-19-17(20-12-16)21(14(2)3)13-15-8-6-5-7-9-15/h5-9,11-12,14,18H,4,10,13H2,1-3H3. The van der Waals surface area contributed by atoms with E-state index in [1.807, 2.05) is 18.5 Å². The number of nitrogens with one attached hydrogen (secondary N) is 1. The zero-order chi connectivity index (χ0) is 15.1. The Morgan fingerprint density at radius 1 is 1.05 bits per heavy atom. The largest absolute Gasteiger partial charge is 0.334 e. The summed E-state index contributed by atoms with van der Waals surface area (Å²) in [6, 6.07) is 10.8. The monoisotopic (exact) mass is 284 g/mol. The molecule has 0 aliphatic carbocycles. The number of benzene rings is 1. The molecule has 1 aromatic carbocycles. The number of hydrogen-bond acceptors (Lipinski definition) is 4. The fourth-order valence-corrected chi connectivity index (χ4v) is 2.12. The van der Waals surface area contributed by atoms with Gasteiger partial charge in [0.1, 0.15) is 0 Å². The summed E-state index contributed by atoms with van der Waals surface area (Å²) in [5.74, 6) is 0.786. The molecule has 1 heterocycles. The van der Waals surface area contributed by atoms with Crippen molar-refractivity contribution >= 4 is 5.95 Å². The molecule has 21 heavy (non-hydrogen) atoms. The van der Waals surface area contributed by atoms with Crippen LogP contribution in [0.25, 0.3) is 0 Å². The highest BCUT2D eigenvalue weighted by Gasteiger charge is 2.13. The molecule has 0 aliphatic rings. The Labute approximate surface area is 127 Å². The van der Waals surface area contributed by atoms with E-state index in [1.165, 1.54) is 5.56 Å². The lowest BCUT2D eigenvalue weighted by Gasteiger charge is -2.26. The molecule has 0 fully saturated rings. The van der Waals surface area contributed by atoms with E-state index < -0.39 is 0 Å². The maximum Gasteiger partial charge on any atom is 0.225 e. The number of nitrogens with zero attached hydrogens (tertiary/aromatic N) is 3. The van der Waals surface area contributed by atoms with Gasteiger partial charge in [0.15, 0.2) is 0 Å². The van der Waals surface area contributed by atoms with Gasteiger partial charge in [-0.2, -0.15) is 0 Å². The van der Waals surface area contributed by atoms with Crippen LogP contribution in [0.5, 0.6) is 0 Å². The Morgan fingerprint density at radius 3 is 2.29 bits per heavy atom. The lowest BCUT2D eigenvalue weighted by atomic mass is 10.2. The third-order valence-electron chi connectivity index (χ3n) is 3.35. The van der Waals surface area contributed by atoms with Crippen molar-refractivity contribution in [1.82, 2.24) is 15.3 Å². The second kappa shape index (κ2) is 7.74. The Hall–Kier alpha value is -1.94. The summed E-state index contributed by atoms with van der Waals surface area (Å²) in [5, 5.41) is 3.28. The van der Waals surface area contributed by atoms with E-state index in [-0.39, 0.29) is 0 Å². The Morgan fingerprint density at radius 2 is 1.71 bits per heavy atom. The number of anilines is 1. The molecule has 0 atom stereocenters. The molecule has 0 saturated heterocycles. The lowest BCUT2D eigenvalue weighted by Crippen LogP contribution is -2.31. The minimum Gasteiger partial charge on any atom is -0.334 e. The van der Waals surface area contributed by atoms with Crippen LogP contribution in [-0.2, 0) is 13.1 Å². The van der Waals surface area contributed by atoms with Gasteiger partial charge in [-0.3, -0.25) is 0 Å². The summed E-state index contributed by atoms with van der Waals surface area (Å²) in [6.45, 7) is 9.02. The van der Waals surface area contributed by atoms with Gasteiger partial charge < -0.3 is 10.2 Å². The van der Waals surface area contributed by atoms with Crippen LogP contribution < -0.4 is 10.2 Å². The molecule has 1 N–H and O–H groups in total. The van der Waals surface area contributed by atoms with Crippen molar-refractivity contribution in [1.29, 1.82) is 0 Å². The first-order valence-electron chi connectivity index (χ1n) is 7.53. The smallest absolute Gasteiger partial charge is 0.225 e. The fourth-order valence-electron chi connectivity index (χ4n) is 2.12. The molecule has 1 aromatic heterocycles. The van der Waals surface area contributed by atoms with Gasteiger partial charge >= 0.3 is 0 Å². The normalized spacial score (nSPS) is 10.9. The van der Waals surface area contributed by atoms with Gasteiger partial charge in [-0.25, -0.2) is 9.97 Å². The second-order valence-electron chi connectivity index (χ2n) is 5.38. The van der Waals surface area contributed by atoms with E-state index >= 15 is 0 Å².